The van der Waals surface area contributed by atoms with Gasteiger partial charge in [0.05, 0.1) is 17.2 Å². The molecule has 0 fully saturated rings. The first-order valence-corrected chi connectivity index (χ1v) is 8.04. The minimum absolute atomic E-state index is 0. The maximum Gasteiger partial charge on any atom is 0.339 e. The summed E-state index contributed by atoms with van der Waals surface area (Å²) in [5.41, 5.74) is -0.317. The average molecular weight is 341 g/mol. The van der Waals surface area contributed by atoms with Gasteiger partial charge in [-0.3, -0.25) is 14.5 Å². The Morgan fingerprint density at radius 1 is 1.30 bits per heavy atom. The number of halogens is 1. The maximum atomic E-state index is 14.1. The molecule has 2 aliphatic rings. The van der Waals surface area contributed by atoms with E-state index in [4.69, 9.17) is 4.18 Å². The fourth-order valence-corrected chi connectivity index (χ4v) is 3.61. The van der Waals surface area contributed by atoms with Gasteiger partial charge >= 0.3 is 10.1 Å². The summed E-state index contributed by atoms with van der Waals surface area (Å²) >= 11 is 0. The van der Waals surface area contributed by atoms with Crippen molar-refractivity contribution in [1.82, 2.24) is 4.90 Å². The first-order valence-electron chi connectivity index (χ1n) is 6.63. The molecule has 124 valence electrons. The van der Waals surface area contributed by atoms with E-state index in [2.05, 4.69) is 0 Å². The van der Waals surface area contributed by atoms with E-state index in [-0.39, 0.29) is 29.9 Å². The SMILES string of the molecule is C.CCC(F)C1C=COS(=O)(=O)c2cccc3c2C(=O)N1C3=O. The third-order valence-corrected chi connectivity index (χ3v) is 4.94. The van der Waals surface area contributed by atoms with E-state index < -0.39 is 34.1 Å². The van der Waals surface area contributed by atoms with Crippen molar-refractivity contribution in [3.63, 3.8) is 0 Å². The molecule has 1 aromatic rings. The van der Waals surface area contributed by atoms with Crippen LogP contribution < -0.4 is 0 Å². The molecule has 1 aromatic carbocycles. The molecule has 0 aliphatic carbocycles. The number of benzene rings is 1. The number of hydrogen-bond donors (Lipinski definition) is 0. The van der Waals surface area contributed by atoms with Crippen LogP contribution in [0.4, 0.5) is 4.39 Å². The third kappa shape index (κ3) is 2.42. The molecule has 0 aromatic heterocycles. The Hall–Kier alpha value is -2.22. The quantitative estimate of drug-likeness (QED) is 0.609. The van der Waals surface area contributed by atoms with E-state index in [0.29, 0.717) is 0 Å². The number of carbonyl (C=O) groups excluding carboxylic acids is 2. The number of carbonyl (C=O) groups is 2. The van der Waals surface area contributed by atoms with Crippen molar-refractivity contribution in [3.05, 3.63) is 41.7 Å². The summed E-state index contributed by atoms with van der Waals surface area (Å²) in [6.45, 7) is 1.56. The lowest BCUT2D eigenvalue weighted by atomic mass is 10.1. The normalized spacial score (nSPS) is 22.5. The first-order chi connectivity index (χ1) is 10.4. The Balaban J connectivity index is 0.00000192. The van der Waals surface area contributed by atoms with Gasteiger partial charge in [0.15, 0.2) is 0 Å². The fraction of sp³-hybridized carbons (Fsp3) is 0.333. The first kappa shape index (κ1) is 17.1. The highest BCUT2D eigenvalue weighted by atomic mass is 32.2. The molecular formula is C15H16FNO5S. The Morgan fingerprint density at radius 3 is 2.65 bits per heavy atom. The lowest BCUT2D eigenvalue weighted by molar-refractivity contribution is 0.0538. The Morgan fingerprint density at radius 2 is 2.00 bits per heavy atom. The number of rotatable bonds is 2. The molecule has 2 heterocycles. The van der Waals surface area contributed by atoms with E-state index in [9.17, 15) is 22.4 Å². The second-order valence-corrected chi connectivity index (χ2v) is 6.49. The number of nitrogens with zero attached hydrogens (tertiary/aromatic N) is 1. The van der Waals surface area contributed by atoms with Gasteiger partial charge in [-0.25, -0.2) is 4.39 Å². The van der Waals surface area contributed by atoms with Gasteiger partial charge in [-0.2, -0.15) is 8.42 Å². The maximum absolute atomic E-state index is 14.1. The van der Waals surface area contributed by atoms with Gasteiger partial charge in [0.25, 0.3) is 11.8 Å². The van der Waals surface area contributed by atoms with Gasteiger partial charge in [0.2, 0.25) is 0 Å². The standard InChI is InChI=1S/C14H12FNO5S.CH4/c1-2-9(15)10-6-7-21-22(19,20)11-5-3-4-8-12(11)14(18)16(10)13(8)17;/h3-7,9-10H,2H2,1H3;1H4. The van der Waals surface area contributed by atoms with Crippen LogP contribution in [0.3, 0.4) is 0 Å². The zero-order valence-electron chi connectivity index (χ0n) is 11.5. The topological polar surface area (TPSA) is 80.8 Å². The van der Waals surface area contributed by atoms with Crippen molar-refractivity contribution in [2.45, 2.75) is 37.9 Å². The smallest absolute Gasteiger partial charge is 0.339 e. The Bertz CT molecular complexity index is 802. The van der Waals surface area contributed by atoms with Crippen molar-refractivity contribution in [3.8, 4) is 0 Å². The number of imide groups is 1. The second-order valence-electron chi connectivity index (χ2n) is 4.95. The van der Waals surface area contributed by atoms with Crippen molar-refractivity contribution in [2.75, 3.05) is 0 Å². The molecule has 8 heteroatoms. The van der Waals surface area contributed by atoms with Crippen LogP contribution in [0.25, 0.3) is 0 Å². The molecule has 0 saturated carbocycles. The van der Waals surface area contributed by atoms with Crippen LogP contribution >= 0.6 is 0 Å². The lowest BCUT2D eigenvalue weighted by Crippen LogP contribution is -2.44. The molecule has 0 saturated heterocycles. The average Bonchev–Trinajstić information content (AvgIpc) is 2.76. The summed E-state index contributed by atoms with van der Waals surface area (Å²) in [6, 6.07) is 2.66. The molecule has 0 spiro atoms. The van der Waals surface area contributed by atoms with Gasteiger partial charge in [0.1, 0.15) is 17.3 Å². The zero-order valence-corrected chi connectivity index (χ0v) is 12.3. The van der Waals surface area contributed by atoms with Crippen LogP contribution in [0.2, 0.25) is 0 Å². The molecular weight excluding hydrogens is 325 g/mol. The van der Waals surface area contributed by atoms with Crippen LogP contribution in [-0.4, -0.2) is 37.3 Å². The van der Waals surface area contributed by atoms with Crippen LogP contribution in [0.5, 0.6) is 0 Å². The Labute approximate surface area is 133 Å². The van der Waals surface area contributed by atoms with Crippen LogP contribution in [0.1, 0.15) is 41.5 Å². The van der Waals surface area contributed by atoms with Gasteiger partial charge in [-0.05, 0) is 24.6 Å². The summed E-state index contributed by atoms with van der Waals surface area (Å²) in [4.78, 5) is 25.3. The van der Waals surface area contributed by atoms with Crippen LogP contribution in [0.15, 0.2) is 35.4 Å². The van der Waals surface area contributed by atoms with Gasteiger partial charge in [-0.1, -0.05) is 20.4 Å². The van der Waals surface area contributed by atoms with E-state index in [0.717, 1.165) is 17.2 Å². The lowest BCUT2D eigenvalue weighted by Gasteiger charge is -2.25. The van der Waals surface area contributed by atoms with E-state index in [1.54, 1.807) is 6.92 Å². The minimum Gasteiger partial charge on any atom is -0.387 e. The molecule has 2 bridgehead atoms. The molecule has 2 unspecified atom stereocenters. The molecule has 2 amide bonds. The predicted octanol–water partition coefficient (Wildman–Crippen LogP) is 2.27. The molecule has 23 heavy (non-hydrogen) atoms. The highest BCUT2D eigenvalue weighted by Crippen LogP contribution is 2.33. The third-order valence-electron chi connectivity index (χ3n) is 3.69. The van der Waals surface area contributed by atoms with Gasteiger partial charge in [-0.15, -0.1) is 0 Å². The largest absolute Gasteiger partial charge is 0.387 e. The van der Waals surface area contributed by atoms with Crippen LogP contribution in [-0.2, 0) is 14.3 Å². The minimum atomic E-state index is -4.24. The zero-order chi connectivity index (χ0) is 16.1. The fourth-order valence-electron chi connectivity index (χ4n) is 2.60. The van der Waals surface area contributed by atoms with E-state index in [1.807, 2.05) is 0 Å². The van der Waals surface area contributed by atoms with Gasteiger partial charge in [0, 0.05) is 0 Å². The molecule has 2 atom stereocenters. The van der Waals surface area contributed by atoms with Crippen molar-refractivity contribution < 1.29 is 26.6 Å². The highest BCUT2D eigenvalue weighted by Gasteiger charge is 2.45. The number of fused-ring (bicyclic) bond motifs is 1. The predicted molar refractivity (Wildman–Crippen MR) is 80.1 cm³/mol. The second kappa shape index (κ2) is 5.77. The van der Waals surface area contributed by atoms with Crippen molar-refractivity contribution >= 4 is 21.9 Å². The monoisotopic (exact) mass is 341 g/mol. The van der Waals surface area contributed by atoms with E-state index in [1.165, 1.54) is 18.2 Å². The Kier molecular flexibility index (Phi) is 4.30. The van der Waals surface area contributed by atoms with Crippen molar-refractivity contribution in [1.29, 1.82) is 0 Å². The van der Waals surface area contributed by atoms with Crippen LogP contribution in [0, 0.1) is 0 Å². The molecule has 6 nitrogen and oxygen atoms in total. The molecule has 3 rings (SSSR count). The number of amides is 2. The summed E-state index contributed by atoms with van der Waals surface area (Å²) in [6.07, 6.45) is 0.424. The van der Waals surface area contributed by atoms with E-state index >= 15 is 0 Å². The molecule has 0 radical (unpaired) electrons. The molecule has 2 aliphatic heterocycles. The summed E-state index contributed by atoms with van der Waals surface area (Å²) in [7, 11) is -4.24. The number of hydrogen-bond acceptors (Lipinski definition) is 5. The molecule has 0 N–H and O–H groups in total. The van der Waals surface area contributed by atoms with Gasteiger partial charge < -0.3 is 4.18 Å². The van der Waals surface area contributed by atoms with Crippen molar-refractivity contribution in [2.24, 2.45) is 0 Å². The highest BCUT2D eigenvalue weighted by molar-refractivity contribution is 7.87. The number of alkyl halides is 1. The summed E-state index contributed by atoms with van der Waals surface area (Å²) in [5, 5.41) is 0. The summed E-state index contributed by atoms with van der Waals surface area (Å²) in [5.74, 6) is -1.53. The summed E-state index contributed by atoms with van der Waals surface area (Å²) < 4.78 is 43.1.